The topological polar surface area (TPSA) is 97.5 Å². The van der Waals surface area contributed by atoms with Crippen LogP contribution in [0.5, 0.6) is 5.75 Å². The minimum atomic E-state index is -1.06. The van der Waals surface area contributed by atoms with E-state index in [0.29, 0.717) is 12.4 Å². The van der Waals surface area contributed by atoms with Gasteiger partial charge in [-0.1, -0.05) is 12.1 Å². The number of rotatable bonds is 6. The van der Waals surface area contributed by atoms with Crippen LogP contribution in [0.25, 0.3) is 0 Å². The molecule has 0 amide bonds. The van der Waals surface area contributed by atoms with E-state index in [1.807, 2.05) is 24.3 Å². The molecule has 0 aliphatic heterocycles. The lowest BCUT2D eigenvalue weighted by Crippen LogP contribution is -2.11. The number of pyridine rings is 1. The number of benzene rings is 1. The average molecular weight is 287 g/mol. The molecular formula is C15H17N3O3. The summed E-state index contributed by atoms with van der Waals surface area (Å²) in [5.74, 6) is 0.142. The summed E-state index contributed by atoms with van der Waals surface area (Å²) in [5, 5.41) is 12.1. The maximum Gasteiger partial charge on any atom is 0.337 e. The molecule has 2 aromatic rings. The van der Waals surface area contributed by atoms with Gasteiger partial charge < -0.3 is 20.9 Å². The van der Waals surface area contributed by atoms with Gasteiger partial charge in [-0.05, 0) is 30.2 Å². The third kappa shape index (κ3) is 3.62. The summed E-state index contributed by atoms with van der Waals surface area (Å²) in [5.41, 5.74) is 7.12. The zero-order valence-electron chi connectivity index (χ0n) is 11.7. The molecule has 1 aromatic carbocycles. The van der Waals surface area contributed by atoms with Gasteiger partial charge in [0.1, 0.15) is 11.6 Å². The van der Waals surface area contributed by atoms with E-state index in [0.717, 1.165) is 17.7 Å². The van der Waals surface area contributed by atoms with E-state index in [-0.39, 0.29) is 11.3 Å². The Labute approximate surface area is 122 Å². The Morgan fingerprint density at radius 1 is 1.33 bits per heavy atom. The number of hydrogen-bond donors (Lipinski definition) is 3. The fraction of sp³-hybridized carbons (Fsp3) is 0.200. The normalized spacial score (nSPS) is 10.1. The van der Waals surface area contributed by atoms with Gasteiger partial charge in [0.15, 0.2) is 0 Å². The van der Waals surface area contributed by atoms with Gasteiger partial charge in [-0.2, -0.15) is 0 Å². The summed E-state index contributed by atoms with van der Waals surface area (Å²) >= 11 is 0. The first kappa shape index (κ1) is 14.6. The number of aromatic carboxylic acids is 1. The monoisotopic (exact) mass is 287 g/mol. The fourth-order valence-corrected chi connectivity index (χ4v) is 1.92. The highest BCUT2D eigenvalue weighted by Crippen LogP contribution is 2.20. The summed E-state index contributed by atoms with van der Waals surface area (Å²) in [4.78, 5) is 15.0. The molecular weight excluding hydrogens is 270 g/mol. The molecule has 0 bridgehead atoms. The van der Waals surface area contributed by atoms with Crippen LogP contribution in [0, 0.1) is 0 Å². The zero-order valence-corrected chi connectivity index (χ0v) is 11.7. The number of ether oxygens (including phenoxy) is 1. The average Bonchev–Trinajstić information content (AvgIpc) is 2.49. The van der Waals surface area contributed by atoms with E-state index in [9.17, 15) is 4.79 Å². The second-order valence-corrected chi connectivity index (χ2v) is 4.45. The van der Waals surface area contributed by atoms with Crippen molar-refractivity contribution >= 4 is 17.5 Å². The van der Waals surface area contributed by atoms with E-state index in [1.54, 1.807) is 7.11 Å². The predicted molar refractivity (Wildman–Crippen MR) is 80.8 cm³/mol. The highest BCUT2D eigenvalue weighted by molar-refractivity contribution is 5.96. The van der Waals surface area contributed by atoms with Gasteiger partial charge in [0, 0.05) is 12.7 Å². The quantitative estimate of drug-likeness (QED) is 0.752. The largest absolute Gasteiger partial charge is 0.497 e. The molecule has 0 saturated carbocycles. The van der Waals surface area contributed by atoms with Crippen molar-refractivity contribution in [3.8, 4) is 5.75 Å². The molecule has 1 heterocycles. The number of methoxy groups -OCH3 is 1. The summed E-state index contributed by atoms with van der Waals surface area (Å²) in [6, 6.07) is 9.13. The fourth-order valence-electron chi connectivity index (χ4n) is 1.92. The third-order valence-corrected chi connectivity index (χ3v) is 3.09. The van der Waals surface area contributed by atoms with Crippen LogP contribution in [0.4, 0.5) is 11.5 Å². The molecule has 4 N–H and O–H groups in total. The van der Waals surface area contributed by atoms with Gasteiger partial charge in [-0.15, -0.1) is 0 Å². The van der Waals surface area contributed by atoms with Crippen molar-refractivity contribution in [2.75, 3.05) is 24.7 Å². The molecule has 0 unspecified atom stereocenters. The van der Waals surface area contributed by atoms with Crippen molar-refractivity contribution in [3.63, 3.8) is 0 Å². The Balaban J connectivity index is 1.97. The lowest BCUT2D eigenvalue weighted by atomic mass is 10.1. The molecule has 0 aliphatic rings. The van der Waals surface area contributed by atoms with Crippen LogP contribution in [0.15, 0.2) is 36.5 Å². The van der Waals surface area contributed by atoms with Crippen LogP contribution in [-0.4, -0.2) is 29.7 Å². The molecule has 0 atom stereocenters. The van der Waals surface area contributed by atoms with Crippen LogP contribution >= 0.6 is 0 Å². The van der Waals surface area contributed by atoms with Crippen molar-refractivity contribution in [1.82, 2.24) is 4.98 Å². The van der Waals surface area contributed by atoms with Gasteiger partial charge >= 0.3 is 5.97 Å². The first-order valence-corrected chi connectivity index (χ1v) is 6.46. The summed E-state index contributed by atoms with van der Waals surface area (Å²) in [6.45, 7) is 0.604. The molecule has 0 aliphatic carbocycles. The molecule has 1 aromatic heterocycles. The number of hydrogen-bond acceptors (Lipinski definition) is 5. The lowest BCUT2D eigenvalue weighted by molar-refractivity contribution is 0.0698. The summed E-state index contributed by atoms with van der Waals surface area (Å²) in [7, 11) is 1.63. The molecule has 21 heavy (non-hydrogen) atoms. The van der Waals surface area contributed by atoms with Gasteiger partial charge in [0.05, 0.1) is 18.4 Å². The SMILES string of the molecule is COc1ccc(CCNc2nccc(C(=O)O)c2N)cc1. The van der Waals surface area contributed by atoms with Crippen LogP contribution < -0.4 is 15.8 Å². The Morgan fingerprint density at radius 3 is 2.67 bits per heavy atom. The first-order chi connectivity index (χ1) is 10.1. The smallest absolute Gasteiger partial charge is 0.337 e. The third-order valence-electron chi connectivity index (χ3n) is 3.09. The Kier molecular flexibility index (Phi) is 4.61. The molecule has 6 heteroatoms. The number of carboxylic acid groups (broad SMARTS) is 1. The number of aromatic nitrogens is 1. The second kappa shape index (κ2) is 6.60. The van der Waals surface area contributed by atoms with Gasteiger partial charge in [-0.25, -0.2) is 9.78 Å². The van der Waals surface area contributed by atoms with Crippen LogP contribution in [0.3, 0.4) is 0 Å². The van der Waals surface area contributed by atoms with Crippen molar-refractivity contribution in [3.05, 3.63) is 47.7 Å². The number of nitrogen functional groups attached to an aromatic ring is 1. The standard InChI is InChI=1S/C15H17N3O3/c1-21-11-4-2-10(3-5-11)6-8-17-14-13(16)12(15(19)20)7-9-18-14/h2-5,7,9H,6,8,16H2,1H3,(H,17,18)(H,19,20). The zero-order chi connectivity index (χ0) is 15.2. The summed E-state index contributed by atoms with van der Waals surface area (Å²) < 4.78 is 5.10. The van der Waals surface area contributed by atoms with Crippen molar-refractivity contribution in [2.24, 2.45) is 0 Å². The Morgan fingerprint density at radius 2 is 2.05 bits per heavy atom. The van der Waals surface area contributed by atoms with Gasteiger partial charge in [-0.3, -0.25) is 0 Å². The number of carbonyl (C=O) groups is 1. The first-order valence-electron chi connectivity index (χ1n) is 6.46. The molecule has 0 radical (unpaired) electrons. The number of nitrogens with two attached hydrogens (primary N) is 1. The minimum absolute atomic E-state index is 0.0527. The Bertz CT molecular complexity index is 627. The maximum absolute atomic E-state index is 11.0. The van der Waals surface area contributed by atoms with Crippen molar-refractivity contribution < 1.29 is 14.6 Å². The maximum atomic E-state index is 11.0. The number of nitrogens with one attached hydrogen (secondary N) is 1. The number of carboxylic acids is 1. The van der Waals surface area contributed by atoms with Crippen molar-refractivity contribution in [2.45, 2.75) is 6.42 Å². The van der Waals surface area contributed by atoms with Gasteiger partial charge in [0.25, 0.3) is 0 Å². The molecule has 0 saturated heterocycles. The van der Waals surface area contributed by atoms with Crippen LogP contribution in [-0.2, 0) is 6.42 Å². The van der Waals surface area contributed by atoms with E-state index in [2.05, 4.69) is 10.3 Å². The second-order valence-electron chi connectivity index (χ2n) is 4.45. The molecule has 0 fully saturated rings. The highest BCUT2D eigenvalue weighted by Gasteiger charge is 2.11. The minimum Gasteiger partial charge on any atom is -0.497 e. The summed E-state index contributed by atoms with van der Waals surface area (Å²) in [6.07, 6.45) is 2.19. The van der Waals surface area contributed by atoms with E-state index >= 15 is 0 Å². The van der Waals surface area contributed by atoms with Gasteiger partial charge in [0.2, 0.25) is 0 Å². The molecule has 6 nitrogen and oxygen atoms in total. The predicted octanol–water partition coefficient (Wildman–Crippen LogP) is 2.03. The lowest BCUT2D eigenvalue weighted by Gasteiger charge is -2.10. The number of anilines is 2. The van der Waals surface area contributed by atoms with Crippen LogP contribution in [0.1, 0.15) is 15.9 Å². The Hall–Kier alpha value is -2.76. The van der Waals surface area contributed by atoms with E-state index in [1.165, 1.54) is 12.3 Å². The highest BCUT2D eigenvalue weighted by atomic mass is 16.5. The van der Waals surface area contributed by atoms with E-state index < -0.39 is 5.97 Å². The number of nitrogens with zero attached hydrogens (tertiary/aromatic N) is 1. The molecule has 0 spiro atoms. The van der Waals surface area contributed by atoms with Crippen molar-refractivity contribution in [1.29, 1.82) is 0 Å². The van der Waals surface area contributed by atoms with Crippen LogP contribution in [0.2, 0.25) is 0 Å². The molecule has 2 rings (SSSR count). The molecule has 110 valence electrons. The van der Waals surface area contributed by atoms with E-state index in [4.69, 9.17) is 15.6 Å².